The summed E-state index contributed by atoms with van der Waals surface area (Å²) in [7, 11) is -3.30. The van der Waals surface area contributed by atoms with E-state index < -0.39 is 15.6 Å². The van der Waals surface area contributed by atoms with Gasteiger partial charge in [-0.25, -0.2) is 8.42 Å². The van der Waals surface area contributed by atoms with Crippen LogP contribution in [0, 0.1) is 5.92 Å². The van der Waals surface area contributed by atoms with Gasteiger partial charge in [0, 0.05) is 10.0 Å². The first-order valence-corrected chi connectivity index (χ1v) is 7.91. The molecule has 0 N–H and O–H groups in total. The maximum Gasteiger partial charge on any atom is 0.177 e. The lowest BCUT2D eigenvalue weighted by atomic mass is 10.2. The van der Waals surface area contributed by atoms with E-state index in [4.69, 9.17) is 0 Å². The van der Waals surface area contributed by atoms with Crippen molar-refractivity contribution in [2.75, 3.05) is 11.5 Å². The van der Waals surface area contributed by atoms with Gasteiger partial charge >= 0.3 is 0 Å². The van der Waals surface area contributed by atoms with Crippen molar-refractivity contribution < 1.29 is 13.2 Å². The minimum atomic E-state index is -3.30. The predicted molar refractivity (Wildman–Crippen MR) is 72.0 cm³/mol. The molecule has 0 aliphatic rings. The van der Waals surface area contributed by atoms with Gasteiger partial charge in [-0.2, -0.15) is 0 Å². The third-order valence-corrected chi connectivity index (χ3v) is 4.51. The maximum atomic E-state index is 11.8. The van der Waals surface area contributed by atoms with Crippen LogP contribution >= 0.6 is 15.9 Å². The van der Waals surface area contributed by atoms with E-state index in [-0.39, 0.29) is 17.5 Å². The van der Waals surface area contributed by atoms with Crippen LogP contribution in [0.15, 0.2) is 28.7 Å². The highest BCUT2D eigenvalue weighted by atomic mass is 79.9. The van der Waals surface area contributed by atoms with Crippen LogP contribution in [-0.2, 0) is 9.84 Å². The fourth-order valence-electron chi connectivity index (χ4n) is 1.49. The predicted octanol–water partition coefficient (Wildman–Crippen LogP) is 2.70. The van der Waals surface area contributed by atoms with E-state index in [0.717, 1.165) is 4.47 Å². The number of halogens is 1. The third-order valence-electron chi connectivity index (χ3n) is 2.10. The molecule has 0 atom stereocenters. The van der Waals surface area contributed by atoms with E-state index in [1.807, 2.05) is 13.8 Å². The van der Waals surface area contributed by atoms with Gasteiger partial charge in [0.2, 0.25) is 0 Å². The molecule has 0 fully saturated rings. The molecule has 0 amide bonds. The number of benzene rings is 1. The van der Waals surface area contributed by atoms with Crippen LogP contribution < -0.4 is 0 Å². The Morgan fingerprint density at radius 2 is 1.76 bits per heavy atom. The minimum Gasteiger partial charge on any atom is -0.293 e. The zero-order valence-electron chi connectivity index (χ0n) is 9.81. The lowest BCUT2D eigenvalue weighted by Crippen LogP contribution is -2.21. The number of rotatable bonds is 5. The van der Waals surface area contributed by atoms with Gasteiger partial charge in [0.1, 0.15) is 5.75 Å². The standard InChI is InChI=1S/C12H15BrO3S/c1-9(2)7-17(15,16)8-12(14)10-3-5-11(13)6-4-10/h3-6,9H,7-8H2,1-2H3. The highest BCUT2D eigenvalue weighted by molar-refractivity contribution is 9.10. The van der Waals surface area contributed by atoms with Crippen LogP contribution in [-0.4, -0.2) is 25.7 Å². The van der Waals surface area contributed by atoms with E-state index in [2.05, 4.69) is 15.9 Å². The number of carbonyl (C=O) groups is 1. The smallest absolute Gasteiger partial charge is 0.177 e. The summed E-state index contributed by atoms with van der Waals surface area (Å²) in [6.07, 6.45) is 0. The molecule has 1 aromatic rings. The molecular weight excluding hydrogens is 304 g/mol. The number of ketones is 1. The molecule has 0 spiro atoms. The van der Waals surface area contributed by atoms with Crippen molar-refractivity contribution in [3.8, 4) is 0 Å². The van der Waals surface area contributed by atoms with Gasteiger partial charge in [-0.1, -0.05) is 41.9 Å². The molecule has 0 heterocycles. The van der Waals surface area contributed by atoms with Crippen LogP contribution in [0.2, 0.25) is 0 Å². The second-order valence-corrected chi connectivity index (χ2v) is 7.40. The highest BCUT2D eigenvalue weighted by Crippen LogP contribution is 2.12. The molecular formula is C12H15BrO3S. The Hall–Kier alpha value is -0.680. The Morgan fingerprint density at radius 3 is 2.24 bits per heavy atom. The second kappa shape index (κ2) is 5.78. The van der Waals surface area contributed by atoms with Crippen LogP contribution in [0.5, 0.6) is 0 Å². The average molecular weight is 319 g/mol. The van der Waals surface area contributed by atoms with Crippen LogP contribution in [0.3, 0.4) is 0 Å². The summed E-state index contributed by atoms with van der Waals surface area (Å²) >= 11 is 3.26. The SMILES string of the molecule is CC(C)CS(=O)(=O)CC(=O)c1ccc(Br)cc1. The summed E-state index contributed by atoms with van der Waals surface area (Å²) in [5, 5.41) is 0. The molecule has 0 saturated heterocycles. The van der Waals surface area contributed by atoms with E-state index in [1.54, 1.807) is 24.3 Å². The van der Waals surface area contributed by atoms with Gasteiger partial charge in [-0.3, -0.25) is 4.79 Å². The number of Topliss-reactive ketones (excluding diaryl/α,β-unsaturated/α-hetero) is 1. The van der Waals surface area contributed by atoms with Gasteiger partial charge < -0.3 is 0 Å². The molecule has 0 bridgehead atoms. The van der Waals surface area contributed by atoms with Crippen molar-refractivity contribution in [3.05, 3.63) is 34.3 Å². The van der Waals surface area contributed by atoms with Gasteiger partial charge in [0.05, 0.1) is 5.75 Å². The monoisotopic (exact) mass is 318 g/mol. The Balaban J connectivity index is 2.76. The van der Waals surface area contributed by atoms with Crippen LogP contribution in [0.25, 0.3) is 0 Å². The zero-order chi connectivity index (χ0) is 13.1. The van der Waals surface area contributed by atoms with Crippen molar-refractivity contribution in [3.63, 3.8) is 0 Å². The first-order valence-electron chi connectivity index (χ1n) is 5.29. The van der Waals surface area contributed by atoms with E-state index in [1.165, 1.54) is 0 Å². The molecule has 0 aromatic heterocycles. The molecule has 5 heteroatoms. The fraction of sp³-hybridized carbons (Fsp3) is 0.417. The first-order chi connectivity index (χ1) is 7.80. The molecule has 3 nitrogen and oxygen atoms in total. The Bertz CT molecular complexity index is 489. The molecule has 0 aliphatic heterocycles. The quantitative estimate of drug-likeness (QED) is 0.784. The fourth-order valence-corrected chi connectivity index (χ4v) is 3.45. The van der Waals surface area contributed by atoms with Crippen molar-refractivity contribution in [2.45, 2.75) is 13.8 Å². The topological polar surface area (TPSA) is 51.2 Å². The van der Waals surface area contributed by atoms with Gasteiger partial charge in [0.15, 0.2) is 15.6 Å². The van der Waals surface area contributed by atoms with E-state index in [0.29, 0.717) is 5.56 Å². The Morgan fingerprint density at radius 1 is 1.24 bits per heavy atom. The highest BCUT2D eigenvalue weighted by Gasteiger charge is 2.19. The maximum absolute atomic E-state index is 11.8. The summed E-state index contributed by atoms with van der Waals surface area (Å²) < 4.78 is 24.2. The number of carbonyl (C=O) groups excluding carboxylic acids is 1. The van der Waals surface area contributed by atoms with Gasteiger partial charge in [0.25, 0.3) is 0 Å². The summed E-state index contributed by atoms with van der Waals surface area (Å²) in [6, 6.07) is 6.69. The largest absolute Gasteiger partial charge is 0.293 e. The van der Waals surface area contributed by atoms with E-state index >= 15 is 0 Å². The van der Waals surface area contributed by atoms with E-state index in [9.17, 15) is 13.2 Å². The summed E-state index contributed by atoms with van der Waals surface area (Å²) in [4.78, 5) is 11.8. The molecule has 0 unspecified atom stereocenters. The van der Waals surface area contributed by atoms with Crippen LogP contribution in [0.4, 0.5) is 0 Å². The molecule has 17 heavy (non-hydrogen) atoms. The second-order valence-electron chi connectivity index (χ2n) is 4.38. The number of hydrogen-bond acceptors (Lipinski definition) is 3. The Kier molecular flexibility index (Phi) is 4.89. The third kappa shape index (κ3) is 5.00. The molecule has 94 valence electrons. The molecule has 1 aromatic carbocycles. The molecule has 0 radical (unpaired) electrons. The summed E-state index contributed by atoms with van der Waals surface area (Å²) in [5.74, 6) is -0.668. The summed E-state index contributed by atoms with van der Waals surface area (Å²) in [6.45, 7) is 3.64. The lowest BCUT2D eigenvalue weighted by molar-refractivity contribution is 0.102. The van der Waals surface area contributed by atoms with Gasteiger partial charge in [-0.05, 0) is 18.1 Å². The number of sulfone groups is 1. The molecule has 0 saturated carbocycles. The number of hydrogen-bond donors (Lipinski definition) is 0. The zero-order valence-corrected chi connectivity index (χ0v) is 12.2. The Labute approximate surface area is 110 Å². The molecule has 1 rings (SSSR count). The lowest BCUT2D eigenvalue weighted by Gasteiger charge is -2.06. The van der Waals surface area contributed by atoms with Crippen molar-refractivity contribution in [1.82, 2.24) is 0 Å². The summed E-state index contributed by atoms with van der Waals surface area (Å²) in [5.41, 5.74) is 0.431. The van der Waals surface area contributed by atoms with Crippen LogP contribution in [0.1, 0.15) is 24.2 Å². The first kappa shape index (κ1) is 14.4. The molecule has 0 aliphatic carbocycles. The van der Waals surface area contributed by atoms with Crippen molar-refractivity contribution >= 4 is 31.6 Å². The van der Waals surface area contributed by atoms with Gasteiger partial charge in [-0.15, -0.1) is 0 Å². The normalized spacial score (nSPS) is 11.8. The minimum absolute atomic E-state index is 0.0396. The van der Waals surface area contributed by atoms with Crippen molar-refractivity contribution in [1.29, 1.82) is 0 Å². The average Bonchev–Trinajstić information content (AvgIpc) is 2.15. The van der Waals surface area contributed by atoms with Crippen molar-refractivity contribution in [2.24, 2.45) is 5.92 Å².